The molecule has 3 nitrogen and oxygen atoms in total. The number of nitrogens with zero attached hydrogens (tertiary/aromatic N) is 1. The van der Waals surface area contributed by atoms with E-state index in [0.717, 1.165) is 28.1 Å². The lowest BCUT2D eigenvalue weighted by atomic mass is 10.1. The Kier molecular flexibility index (Phi) is 2.64. The minimum absolute atomic E-state index is 0.805. The van der Waals surface area contributed by atoms with E-state index >= 15 is 0 Å². The van der Waals surface area contributed by atoms with Gasteiger partial charge in [0.1, 0.15) is 0 Å². The summed E-state index contributed by atoms with van der Waals surface area (Å²) in [6.07, 6.45) is 0. The van der Waals surface area contributed by atoms with Gasteiger partial charge in [-0.25, -0.2) is 4.98 Å². The summed E-state index contributed by atoms with van der Waals surface area (Å²) in [7, 11) is 0. The van der Waals surface area contributed by atoms with Gasteiger partial charge in [-0.3, -0.25) is 0 Å². The highest BCUT2D eigenvalue weighted by molar-refractivity contribution is 7.16. The van der Waals surface area contributed by atoms with Crippen molar-refractivity contribution in [3.63, 3.8) is 0 Å². The highest BCUT2D eigenvalue weighted by Gasteiger charge is 2.03. The standard InChI is InChI=1S/C14H13N3S/c1-9-11(15)3-2-4-12(9)17-10-5-6-13-14(7-10)18-8-16-13/h2-8,17H,15H2,1H3. The maximum Gasteiger partial charge on any atom is 0.0813 e. The Morgan fingerprint density at radius 3 is 3.00 bits per heavy atom. The Hall–Kier alpha value is -2.07. The van der Waals surface area contributed by atoms with Gasteiger partial charge in [-0.15, -0.1) is 11.3 Å². The number of hydrogen-bond donors (Lipinski definition) is 2. The van der Waals surface area contributed by atoms with Gasteiger partial charge in [0.15, 0.2) is 0 Å². The molecule has 0 aliphatic rings. The van der Waals surface area contributed by atoms with E-state index < -0.39 is 0 Å². The molecule has 0 radical (unpaired) electrons. The maximum atomic E-state index is 5.90. The van der Waals surface area contributed by atoms with Crippen molar-refractivity contribution in [3.8, 4) is 0 Å². The van der Waals surface area contributed by atoms with E-state index in [1.54, 1.807) is 11.3 Å². The topological polar surface area (TPSA) is 50.9 Å². The SMILES string of the molecule is Cc1c(N)cccc1Nc1ccc2ncsc2c1. The van der Waals surface area contributed by atoms with E-state index in [9.17, 15) is 0 Å². The first-order chi connectivity index (χ1) is 8.74. The first kappa shape index (κ1) is 11.0. The fourth-order valence-corrected chi connectivity index (χ4v) is 2.59. The summed E-state index contributed by atoms with van der Waals surface area (Å²) in [4.78, 5) is 4.27. The monoisotopic (exact) mass is 255 g/mol. The van der Waals surface area contributed by atoms with Gasteiger partial charge >= 0.3 is 0 Å². The molecule has 3 aromatic rings. The van der Waals surface area contributed by atoms with Crippen LogP contribution in [0.5, 0.6) is 0 Å². The van der Waals surface area contributed by atoms with Crippen molar-refractivity contribution in [1.82, 2.24) is 4.98 Å². The van der Waals surface area contributed by atoms with Crippen LogP contribution in [0.3, 0.4) is 0 Å². The molecule has 0 saturated carbocycles. The lowest BCUT2D eigenvalue weighted by Crippen LogP contribution is -1.96. The van der Waals surface area contributed by atoms with Crippen LogP contribution in [-0.2, 0) is 0 Å². The number of anilines is 3. The second kappa shape index (κ2) is 4.31. The van der Waals surface area contributed by atoms with Crippen molar-refractivity contribution in [2.24, 2.45) is 0 Å². The van der Waals surface area contributed by atoms with E-state index in [1.807, 2.05) is 42.8 Å². The van der Waals surface area contributed by atoms with Crippen molar-refractivity contribution in [3.05, 3.63) is 47.5 Å². The van der Waals surface area contributed by atoms with E-state index in [4.69, 9.17) is 5.73 Å². The highest BCUT2D eigenvalue weighted by Crippen LogP contribution is 2.27. The van der Waals surface area contributed by atoms with Gasteiger partial charge in [-0.1, -0.05) is 6.07 Å². The molecule has 2 aromatic carbocycles. The Morgan fingerprint density at radius 1 is 1.22 bits per heavy atom. The van der Waals surface area contributed by atoms with Crippen molar-refractivity contribution >= 4 is 38.6 Å². The minimum atomic E-state index is 0.805. The molecule has 0 unspecified atom stereocenters. The summed E-state index contributed by atoms with van der Waals surface area (Å²) in [5.41, 5.74) is 12.8. The number of nitrogens with one attached hydrogen (secondary N) is 1. The number of thiazole rings is 1. The fraction of sp³-hybridized carbons (Fsp3) is 0.0714. The largest absolute Gasteiger partial charge is 0.398 e. The first-order valence-corrected chi connectivity index (χ1v) is 6.57. The second-order valence-corrected chi connectivity index (χ2v) is 5.07. The lowest BCUT2D eigenvalue weighted by Gasteiger charge is -2.11. The Labute approximate surface area is 109 Å². The summed E-state index contributed by atoms with van der Waals surface area (Å²) in [5, 5.41) is 3.39. The third kappa shape index (κ3) is 1.91. The van der Waals surface area contributed by atoms with Gasteiger partial charge in [0.25, 0.3) is 0 Å². The average Bonchev–Trinajstić information content (AvgIpc) is 2.82. The number of aromatic nitrogens is 1. The van der Waals surface area contributed by atoms with Crippen LogP contribution in [0.1, 0.15) is 5.56 Å². The van der Waals surface area contributed by atoms with Crippen molar-refractivity contribution in [2.75, 3.05) is 11.1 Å². The molecule has 0 aliphatic carbocycles. The van der Waals surface area contributed by atoms with Gasteiger partial charge in [0.2, 0.25) is 0 Å². The molecule has 3 rings (SSSR count). The smallest absolute Gasteiger partial charge is 0.0813 e. The summed E-state index contributed by atoms with van der Waals surface area (Å²) in [6.45, 7) is 2.02. The highest BCUT2D eigenvalue weighted by atomic mass is 32.1. The molecule has 1 aromatic heterocycles. The third-order valence-electron chi connectivity index (χ3n) is 2.99. The van der Waals surface area contributed by atoms with Crippen molar-refractivity contribution in [1.29, 1.82) is 0 Å². The van der Waals surface area contributed by atoms with Crippen LogP contribution in [0, 0.1) is 6.92 Å². The zero-order chi connectivity index (χ0) is 12.5. The van der Waals surface area contributed by atoms with Crippen LogP contribution in [0.2, 0.25) is 0 Å². The Bertz CT molecular complexity index is 703. The molecule has 0 atom stereocenters. The zero-order valence-electron chi connectivity index (χ0n) is 9.97. The molecule has 0 aliphatic heterocycles. The van der Waals surface area contributed by atoms with Gasteiger partial charge < -0.3 is 11.1 Å². The molecule has 18 heavy (non-hydrogen) atoms. The van der Waals surface area contributed by atoms with Gasteiger partial charge in [-0.2, -0.15) is 0 Å². The quantitative estimate of drug-likeness (QED) is 0.682. The van der Waals surface area contributed by atoms with E-state index in [1.165, 1.54) is 4.70 Å². The summed E-state index contributed by atoms with van der Waals surface area (Å²) in [6, 6.07) is 12.1. The Morgan fingerprint density at radius 2 is 2.11 bits per heavy atom. The van der Waals surface area contributed by atoms with Crippen molar-refractivity contribution in [2.45, 2.75) is 6.92 Å². The molecule has 3 N–H and O–H groups in total. The van der Waals surface area contributed by atoms with E-state index in [0.29, 0.717) is 0 Å². The maximum absolute atomic E-state index is 5.90. The average molecular weight is 255 g/mol. The molecule has 0 amide bonds. The lowest BCUT2D eigenvalue weighted by molar-refractivity contribution is 1.43. The van der Waals surface area contributed by atoms with Crippen LogP contribution in [0.15, 0.2) is 41.9 Å². The third-order valence-corrected chi connectivity index (χ3v) is 3.78. The number of nitrogen functional groups attached to an aromatic ring is 1. The predicted molar refractivity (Wildman–Crippen MR) is 78.5 cm³/mol. The zero-order valence-corrected chi connectivity index (χ0v) is 10.8. The molecular formula is C14H13N3S. The first-order valence-electron chi connectivity index (χ1n) is 5.69. The second-order valence-electron chi connectivity index (χ2n) is 4.18. The van der Waals surface area contributed by atoms with Gasteiger partial charge in [0, 0.05) is 17.1 Å². The molecule has 90 valence electrons. The molecule has 0 spiro atoms. The van der Waals surface area contributed by atoms with Crippen molar-refractivity contribution < 1.29 is 0 Å². The summed E-state index contributed by atoms with van der Waals surface area (Å²) >= 11 is 1.64. The molecular weight excluding hydrogens is 242 g/mol. The van der Waals surface area contributed by atoms with Crippen LogP contribution >= 0.6 is 11.3 Å². The van der Waals surface area contributed by atoms with Crippen LogP contribution in [-0.4, -0.2) is 4.98 Å². The number of nitrogens with two attached hydrogens (primary N) is 1. The Balaban J connectivity index is 1.98. The van der Waals surface area contributed by atoms with E-state index in [2.05, 4.69) is 16.4 Å². The summed E-state index contributed by atoms with van der Waals surface area (Å²) in [5.74, 6) is 0. The normalized spacial score (nSPS) is 10.7. The van der Waals surface area contributed by atoms with Gasteiger partial charge in [0.05, 0.1) is 15.7 Å². The molecule has 1 heterocycles. The molecule has 0 saturated heterocycles. The molecule has 0 bridgehead atoms. The number of benzene rings is 2. The summed E-state index contributed by atoms with van der Waals surface area (Å²) < 4.78 is 1.18. The van der Waals surface area contributed by atoms with Crippen LogP contribution in [0.4, 0.5) is 17.1 Å². The molecule has 0 fully saturated rings. The number of rotatable bonds is 2. The van der Waals surface area contributed by atoms with Crippen LogP contribution < -0.4 is 11.1 Å². The van der Waals surface area contributed by atoms with Crippen LogP contribution in [0.25, 0.3) is 10.2 Å². The van der Waals surface area contributed by atoms with Gasteiger partial charge in [-0.05, 0) is 42.8 Å². The number of hydrogen-bond acceptors (Lipinski definition) is 4. The number of fused-ring (bicyclic) bond motifs is 1. The fourth-order valence-electron chi connectivity index (χ4n) is 1.88. The minimum Gasteiger partial charge on any atom is -0.398 e. The van der Waals surface area contributed by atoms with E-state index in [-0.39, 0.29) is 0 Å². The molecule has 4 heteroatoms. The predicted octanol–water partition coefficient (Wildman–Crippen LogP) is 3.93.